The molecule has 1 aromatic rings. The normalized spacial score (nSPS) is 24.6. The summed E-state index contributed by atoms with van der Waals surface area (Å²) >= 11 is 1.94. The van der Waals surface area contributed by atoms with Crippen molar-refractivity contribution in [2.24, 2.45) is 0 Å². The molecule has 1 aliphatic carbocycles. The standard InChI is InChI=1S/C12H20N4S/c1-8-14-11(13)7-12(15-8)16-9-5-3-4-6-10(9)17-2/h7,9-10H,3-6H2,1-2H3,(H3,13,14,15,16). The van der Waals surface area contributed by atoms with Crippen LogP contribution in [-0.4, -0.2) is 27.5 Å². The second-order valence-electron chi connectivity index (χ2n) is 4.53. The number of aromatic nitrogens is 2. The zero-order valence-electron chi connectivity index (χ0n) is 10.4. The highest BCUT2D eigenvalue weighted by molar-refractivity contribution is 7.99. The van der Waals surface area contributed by atoms with E-state index in [4.69, 9.17) is 5.73 Å². The molecule has 2 rings (SSSR count). The fourth-order valence-electron chi connectivity index (χ4n) is 2.40. The Morgan fingerprint density at radius 1 is 1.35 bits per heavy atom. The maximum Gasteiger partial charge on any atom is 0.132 e. The van der Waals surface area contributed by atoms with E-state index < -0.39 is 0 Å². The lowest BCUT2D eigenvalue weighted by molar-refractivity contribution is 0.474. The van der Waals surface area contributed by atoms with Crippen molar-refractivity contribution in [1.82, 2.24) is 9.97 Å². The van der Waals surface area contributed by atoms with Crippen molar-refractivity contribution in [3.8, 4) is 0 Å². The Morgan fingerprint density at radius 2 is 2.12 bits per heavy atom. The van der Waals surface area contributed by atoms with Gasteiger partial charge in [0.25, 0.3) is 0 Å². The lowest BCUT2D eigenvalue weighted by Crippen LogP contribution is -2.34. The van der Waals surface area contributed by atoms with Crippen LogP contribution in [0.25, 0.3) is 0 Å². The summed E-state index contributed by atoms with van der Waals surface area (Å²) in [4.78, 5) is 8.47. The van der Waals surface area contributed by atoms with Gasteiger partial charge in [0, 0.05) is 17.4 Å². The van der Waals surface area contributed by atoms with Crippen molar-refractivity contribution in [2.75, 3.05) is 17.3 Å². The molecule has 0 saturated heterocycles. The molecule has 4 nitrogen and oxygen atoms in total. The maximum absolute atomic E-state index is 5.74. The predicted octanol–water partition coefficient (Wildman–Crippen LogP) is 2.45. The zero-order chi connectivity index (χ0) is 12.3. The first-order valence-corrected chi connectivity index (χ1v) is 7.38. The van der Waals surface area contributed by atoms with E-state index in [1.165, 1.54) is 25.7 Å². The fourth-order valence-corrected chi connectivity index (χ4v) is 3.33. The Labute approximate surface area is 107 Å². The highest BCUT2D eigenvalue weighted by Crippen LogP contribution is 2.29. The molecule has 0 spiro atoms. The van der Waals surface area contributed by atoms with Gasteiger partial charge in [-0.05, 0) is 26.0 Å². The van der Waals surface area contributed by atoms with Gasteiger partial charge in [-0.25, -0.2) is 9.97 Å². The van der Waals surface area contributed by atoms with E-state index in [0.29, 0.717) is 17.1 Å². The third-order valence-corrected chi connectivity index (χ3v) is 4.37. The first-order chi connectivity index (χ1) is 8.19. The van der Waals surface area contributed by atoms with E-state index >= 15 is 0 Å². The molecule has 0 aliphatic heterocycles. The van der Waals surface area contributed by atoms with Crippen LogP contribution in [0.15, 0.2) is 6.07 Å². The van der Waals surface area contributed by atoms with E-state index in [9.17, 15) is 0 Å². The summed E-state index contributed by atoms with van der Waals surface area (Å²) < 4.78 is 0. The van der Waals surface area contributed by atoms with E-state index in [2.05, 4.69) is 21.5 Å². The number of nitrogens with one attached hydrogen (secondary N) is 1. The van der Waals surface area contributed by atoms with Crippen molar-refractivity contribution in [2.45, 2.75) is 43.9 Å². The molecule has 1 fully saturated rings. The molecule has 0 radical (unpaired) electrons. The minimum absolute atomic E-state index is 0.507. The summed E-state index contributed by atoms with van der Waals surface area (Å²) in [5.41, 5.74) is 5.74. The average Bonchev–Trinajstić information content (AvgIpc) is 2.28. The van der Waals surface area contributed by atoms with Crippen molar-refractivity contribution in [3.05, 3.63) is 11.9 Å². The molecule has 0 bridgehead atoms. The molecular formula is C12H20N4S. The van der Waals surface area contributed by atoms with Crippen LogP contribution >= 0.6 is 11.8 Å². The number of nitrogens with zero attached hydrogens (tertiary/aromatic N) is 2. The van der Waals surface area contributed by atoms with Gasteiger partial charge in [0.05, 0.1) is 0 Å². The van der Waals surface area contributed by atoms with Gasteiger partial charge in [-0.15, -0.1) is 0 Å². The van der Waals surface area contributed by atoms with Gasteiger partial charge in [0.15, 0.2) is 0 Å². The number of nitrogen functional groups attached to an aromatic ring is 1. The topological polar surface area (TPSA) is 63.8 Å². The molecular weight excluding hydrogens is 232 g/mol. The van der Waals surface area contributed by atoms with Crippen molar-refractivity contribution in [1.29, 1.82) is 0 Å². The van der Waals surface area contributed by atoms with Gasteiger partial charge in [-0.2, -0.15) is 11.8 Å². The summed E-state index contributed by atoms with van der Waals surface area (Å²) in [5, 5.41) is 4.19. The lowest BCUT2D eigenvalue weighted by Gasteiger charge is -2.31. The van der Waals surface area contributed by atoms with Gasteiger partial charge >= 0.3 is 0 Å². The van der Waals surface area contributed by atoms with Gasteiger partial charge in [0.2, 0.25) is 0 Å². The number of hydrogen-bond acceptors (Lipinski definition) is 5. The third kappa shape index (κ3) is 3.25. The third-order valence-electron chi connectivity index (χ3n) is 3.20. The second-order valence-corrected chi connectivity index (χ2v) is 5.61. The summed E-state index contributed by atoms with van der Waals surface area (Å²) in [7, 11) is 0. The Kier molecular flexibility index (Phi) is 4.10. The van der Waals surface area contributed by atoms with E-state index in [1.807, 2.05) is 24.8 Å². The second kappa shape index (κ2) is 5.58. The van der Waals surface area contributed by atoms with Crippen LogP contribution in [0.2, 0.25) is 0 Å². The molecule has 0 aromatic carbocycles. The van der Waals surface area contributed by atoms with Crippen LogP contribution in [-0.2, 0) is 0 Å². The number of hydrogen-bond donors (Lipinski definition) is 2. The van der Waals surface area contributed by atoms with Gasteiger partial charge in [-0.1, -0.05) is 12.8 Å². The van der Waals surface area contributed by atoms with Crippen molar-refractivity contribution < 1.29 is 0 Å². The molecule has 1 aliphatic rings. The van der Waals surface area contributed by atoms with Crippen molar-refractivity contribution in [3.63, 3.8) is 0 Å². The SMILES string of the molecule is CSC1CCCCC1Nc1cc(N)nc(C)n1. The van der Waals surface area contributed by atoms with Crippen LogP contribution < -0.4 is 11.1 Å². The van der Waals surface area contributed by atoms with Gasteiger partial charge < -0.3 is 11.1 Å². The number of nitrogens with two attached hydrogens (primary N) is 1. The summed E-state index contributed by atoms with van der Waals surface area (Å²) in [5.74, 6) is 2.13. The van der Waals surface area contributed by atoms with Gasteiger partial charge in [0.1, 0.15) is 17.5 Å². The summed E-state index contributed by atoms with van der Waals surface area (Å²) in [6.45, 7) is 1.87. The molecule has 94 valence electrons. The highest BCUT2D eigenvalue weighted by atomic mass is 32.2. The first-order valence-electron chi connectivity index (χ1n) is 6.09. The van der Waals surface area contributed by atoms with Crippen LogP contribution in [0.3, 0.4) is 0 Å². The molecule has 3 N–H and O–H groups in total. The molecule has 1 saturated carbocycles. The van der Waals surface area contributed by atoms with Gasteiger partial charge in [-0.3, -0.25) is 0 Å². The molecule has 1 heterocycles. The first kappa shape index (κ1) is 12.5. The molecule has 1 aromatic heterocycles. The summed E-state index contributed by atoms with van der Waals surface area (Å²) in [6.07, 6.45) is 7.33. The number of rotatable bonds is 3. The Morgan fingerprint density at radius 3 is 2.82 bits per heavy atom. The van der Waals surface area contributed by atoms with Crippen LogP contribution in [0, 0.1) is 6.92 Å². The molecule has 2 unspecified atom stereocenters. The predicted molar refractivity (Wildman–Crippen MR) is 74.4 cm³/mol. The molecule has 2 atom stereocenters. The number of thioether (sulfide) groups is 1. The lowest BCUT2D eigenvalue weighted by atomic mass is 9.95. The number of anilines is 2. The molecule has 0 amide bonds. The zero-order valence-corrected chi connectivity index (χ0v) is 11.3. The fraction of sp³-hybridized carbons (Fsp3) is 0.667. The minimum atomic E-state index is 0.507. The minimum Gasteiger partial charge on any atom is -0.384 e. The van der Waals surface area contributed by atoms with E-state index in [-0.39, 0.29) is 0 Å². The Bertz CT molecular complexity index is 363. The Hall–Kier alpha value is -0.970. The average molecular weight is 252 g/mol. The maximum atomic E-state index is 5.74. The number of aryl methyl sites for hydroxylation is 1. The van der Waals surface area contributed by atoms with E-state index in [1.54, 1.807) is 0 Å². The highest BCUT2D eigenvalue weighted by Gasteiger charge is 2.24. The van der Waals surface area contributed by atoms with Crippen LogP contribution in [0.4, 0.5) is 11.6 Å². The largest absolute Gasteiger partial charge is 0.384 e. The molecule has 17 heavy (non-hydrogen) atoms. The molecule has 5 heteroatoms. The smallest absolute Gasteiger partial charge is 0.132 e. The van der Waals surface area contributed by atoms with Crippen LogP contribution in [0.5, 0.6) is 0 Å². The monoisotopic (exact) mass is 252 g/mol. The quantitative estimate of drug-likeness (QED) is 0.865. The van der Waals surface area contributed by atoms with Crippen molar-refractivity contribution >= 4 is 23.4 Å². The van der Waals surface area contributed by atoms with E-state index in [0.717, 1.165) is 11.6 Å². The van der Waals surface area contributed by atoms with Crippen LogP contribution in [0.1, 0.15) is 31.5 Å². The Balaban J connectivity index is 2.08. The summed E-state index contributed by atoms with van der Waals surface area (Å²) in [6, 6.07) is 2.33.